The highest BCUT2D eigenvalue weighted by molar-refractivity contribution is 5.75. The van der Waals surface area contributed by atoms with Crippen molar-refractivity contribution in [2.45, 2.75) is 25.8 Å². The molecule has 0 radical (unpaired) electrons. The minimum atomic E-state index is -0.199. The summed E-state index contributed by atoms with van der Waals surface area (Å²) >= 11 is 0. The summed E-state index contributed by atoms with van der Waals surface area (Å²) in [7, 11) is 1.63. The van der Waals surface area contributed by atoms with Crippen LogP contribution in [-0.2, 0) is 17.8 Å². The largest absolute Gasteiger partial charge is 0.497 e. The highest BCUT2D eigenvalue weighted by atomic mass is 16.5. The van der Waals surface area contributed by atoms with E-state index in [0.717, 1.165) is 17.7 Å². The zero-order chi connectivity index (χ0) is 19.8. The predicted molar refractivity (Wildman–Crippen MR) is 105 cm³/mol. The quantitative estimate of drug-likeness (QED) is 0.616. The number of aromatic nitrogens is 2. The second-order valence-corrected chi connectivity index (χ2v) is 6.31. The van der Waals surface area contributed by atoms with Crippen molar-refractivity contribution in [2.24, 2.45) is 0 Å². The molecule has 146 valence electrons. The molecule has 0 unspecified atom stereocenters. The van der Waals surface area contributed by atoms with Gasteiger partial charge in [0, 0.05) is 25.6 Å². The van der Waals surface area contributed by atoms with Gasteiger partial charge in [0.05, 0.1) is 13.4 Å². The monoisotopic (exact) mass is 381 g/mol. The fraction of sp³-hybridized carbons (Fsp3) is 0.286. The number of nitrogens with one attached hydrogen (secondary N) is 1. The smallest absolute Gasteiger partial charge is 0.266 e. The molecule has 0 spiro atoms. The van der Waals surface area contributed by atoms with Crippen LogP contribution >= 0.6 is 0 Å². The molecule has 1 aromatic carbocycles. The van der Waals surface area contributed by atoms with Crippen molar-refractivity contribution >= 4 is 5.91 Å². The van der Waals surface area contributed by atoms with Gasteiger partial charge >= 0.3 is 0 Å². The Bertz CT molecular complexity index is 947. The Morgan fingerprint density at radius 3 is 2.71 bits per heavy atom. The van der Waals surface area contributed by atoms with Crippen molar-refractivity contribution in [3.63, 3.8) is 0 Å². The average Bonchev–Trinajstić information content (AvgIpc) is 3.25. The number of hydrogen-bond acceptors (Lipinski definition) is 5. The molecule has 3 aromatic rings. The van der Waals surface area contributed by atoms with Gasteiger partial charge in [-0.2, -0.15) is 5.10 Å². The topological polar surface area (TPSA) is 86.4 Å². The van der Waals surface area contributed by atoms with E-state index < -0.39 is 0 Å². The summed E-state index contributed by atoms with van der Waals surface area (Å²) in [4.78, 5) is 24.0. The number of furan rings is 1. The molecule has 7 nitrogen and oxygen atoms in total. The van der Waals surface area contributed by atoms with Crippen LogP contribution < -0.4 is 15.6 Å². The molecule has 2 heterocycles. The first kappa shape index (κ1) is 19.4. The SMILES string of the molecule is COc1ccc(CCNC(=O)CCCn2nc(-c3ccco3)ccc2=O)cc1. The van der Waals surface area contributed by atoms with Gasteiger partial charge in [-0.15, -0.1) is 0 Å². The maximum atomic E-state index is 12.0. The molecule has 0 aliphatic carbocycles. The minimum Gasteiger partial charge on any atom is -0.497 e. The fourth-order valence-electron chi connectivity index (χ4n) is 2.78. The zero-order valence-corrected chi connectivity index (χ0v) is 15.8. The zero-order valence-electron chi connectivity index (χ0n) is 15.8. The fourth-order valence-corrected chi connectivity index (χ4v) is 2.78. The molecule has 3 rings (SSSR count). The van der Waals surface area contributed by atoms with E-state index in [-0.39, 0.29) is 11.5 Å². The summed E-state index contributed by atoms with van der Waals surface area (Å²) in [6.45, 7) is 0.941. The molecule has 0 saturated heterocycles. The first-order valence-electron chi connectivity index (χ1n) is 9.17. The number of carbonyl (C=O) groups excluding carboxylic acids is 1. The van der Waals surface area contributed by atoms with Crippen molar-refractivity contribution in [3.8, 4) is 17.2 Å². The van der Waals surface area contributed by atoms with E-state index in [0.29, 0.717) is 37.4 Å². The van der Waals surface area contributed by atoms with Crippen molar-refractivity contribution < 1.29 is 13.9 Å². The summed E-state index contributed by atoms with van der Waals surface area (Å²) in [6, 6.07) is 14.4. The second kappa shape index (κ2) is 9.55. The molecular formula is C21H23N3O4. The van der Waals surface area contributed by atoms with Gasteiger partial charge < -0.3 is 14.5 Å². The van der Waals surface area contributed by atoms with Crippen molar-refractivity contribution in [2.75, 3.05) is 13.7 Å². The molecular weight excluding hydrogens is 358 g/mol. The van der Waals surface area contributed by atoms with Crippen LogP contribution in [0.5, 0.6) is 5.75 Å². The summed E-state index contributed by atoms with van der Waals surface area (Å²) in [6.07, 6.45) is 3.18. The van der Waals surface area contributed by atoms with E-state index in [4.69, 9.17) is 9.15 Å². The van der Waals surface area contributed by atoms with Crippen LogP contribution in [0.1, 0.15) is 18.4 Å². The van der Waals surface area contributed by atoms with E-state index in [1.54, 1.807) is 31.6 Å². The third kappa shape index (κ3) is 5.33. The molecule has 0 bridgehead atoms. The lowest BCUT2D eigenvalue weighted by Crippen LogP contribution is -2.27. The van der Waals surface area contributed by atoms with Crippen LogP contribution in [-0.4, -0.2) is 29.3 Å². The number of benzene rings is 1. The highest BCUT2D eigenvalue weighted by Gasteiger charge is 2.07. The van der Waals surface area contributed by atoms with Crippen LogP contribution in [0.4, 0.5) is 0 Å². The van der Waals surface area contributed by atoms with Crippen LogP contribution in [0.15, 0.2) is 64.0 Å². The normalized spacial score (nSPS) is 10.6. The van der Waals surface area contributed by atoms with Gasteiger partial charge in [0.2, 0.25) is 5.91 Å². The molecule has 7 heteroatoms. The molecule has 0 atom stereocenters. The molecule has 2 aromatic heterocycles. The lowest BCUT2D eigenvalue weighted by Gasteiger charge is -2.08. The van der Waals surface area contributed by atoms with Crippen LogP contribution in [0.3, 0.4) is 0 Å². The first-order chi connectivity index (χ1) is 13.7. The Labute approximate surface area is 162 Å². The number of nitrogens with zero attached hydrogens (tertiary/aromatic N) is 2. The maximum absolute atomic E-state index is 12.0. The summed E-state index contributed by atoms with van der Waals surface area (Å²) in [5, 5.41) is 7.20. The summed E-state index contributed by atoms with van der Waals surface area (Å²) < 4.78 is 11.8. The molecule has 0 saturated carbocycles. The molecule has 0 fully saturated rings. The lowest BCUT2D eigenvalue weighted by atomic mass is 10.1. The van der Waals surface area contributed by atoms with Gasteiger partial charge in [0.25, 0.3) is 5.56 Å². The Morgan fingerprint density at radius 2 is 2.00 bits per heavy atom. The number of hydrogen-bond donors (Lipinski definition) is 1. The van der Waals surface area contributed by atoms with Gasteiger partial charge in [-0.05, 0) is 48.7 Å². The van der Waals surface area contributed by atoms with Crippen LogP contribution in [0.2, 0.25) is 0 Å². The number of carbonyl (C=O) groups is 1. The Hall–Kier alpha value is -3.35. The number of aryl methyl sites for hydroxylation is 1. The van der Waals surface area contributed by atoms with E-state index in [1.165, 1.54) is 10.7 Å². The van der Waals surface area contributed by atoms with Gasteiger partial charge in [-0.25, -0.2) is 4.68 Å². The molecule has 0 aliphatic heterocycles. The van der Waals surface area contributed by atoms with Crippen molar-refractivity contribution in [3.05, 3.63) is 70.7 Å². The van der Waals surface area contributed by atoms with E-state index in [2.05, 4.69) is 10.4 Å². The molecule has 28 heavy (non-hydrogen) atoms. The van der Waals surface area contributed by atoms with Crippen LogP contribution in [0.25, 0.3) is 11.5 Å². The first-order valence-corrected chi connectivity index (χ1v) is 9.17. The third-order valence-electron chi connectivity index (χ3n) is 4.31. The Morgan fingerprint density at radius 1 is 1.18 bits per heavy atom. The minimum absolute atomic E-state index is 0.0382. The summed E-state index contributed by atoms with van der Waals surface area (Å²) in [5.41, 5.74) is 1.52. The standard InChI is InChI=1S/C21H23N3O4/c1-27-17-8-6-16(7-9-17)12-13-22-20(25)5-2-14-24-21(26)11-10-18(23-24)19-4-3-15-28-19/h3-4,6-11,15H,2,5,12-14H2,1H3,(H,22,25). The lowest BCUT2D eigenvalue weighted by molar-refractivity contribution is -0.121. The van der Waals surface area contributed by atoms with E-state index >= 15 is 0 Å². The molecule has 1 N–H and O–H groups in total. The number of rotatable bonds is 9. The van der Waals surface area contributed by atoms with Crippen molar-refractivity contribution in [1.82, 2.24) is 15.1 Å². The second-order valence-electron chi connectivity index (χ2n) is 6.31. The predicted octanol–water partition coefficient (Wildman–Crippen LogP) is 2.65. The number of methoxy groups -OCH3 is 1. The van der Waals surface area contributed by atoms with Crippen molar-refractivity contribution in [1.29, 1.82) is 0 Å². The Balaban J connectivity index is 1.42. The van der Waals surface area contributed by atoms with Gasteiger partial charge in [-0.1, -0.05) is 12.1 Å². The van der Waals surface area contributed by atoms with Gasteiger partial charge in [0.15, 0.2) is 5.76 Å². The van der Waals surface area contributed by atoms with Gasteiger partial charge in [-0.3, -0.25) is 9.59 Å². The number of amides is 1. The van der Waals surface area contributed by atoms with E-state index in [1.807, 2.05) is 24.3 Å². The Kier molecular flexibility index (Phi) is 6.62. The highest BCUT2D eigenvalue weighted by Crippen LogP contribution is 2.15. The summed E-state index contributed by atoms with van der Waals surface area (Å²) in [5.74, 6) is 1.38. The van der Waals surface area contributed by atoms with Crippen LogP contribution in [0, 0.1) is 0 Å². The molecule has 1 amide bonds. The maximum Gasteiger partial charge on any atom is 0.266 e. The van der Waals surface area contributed by atoms with Gasteiger partial charge in [0.1, 0.15) is 11.4 Å². The average molecular weight is 381 g/mol. The number of ether oxygens (including phenoxy) is 1. The molecule has 0 aliphatic rings. The van der Waals surface area contributed by atoms with E-state index in [9.17, 15) is 9.59 Å². The third-order valence-corrected chi connectivity index (χ3v) is 4.31.